The summed E-state index contributed by atoms with van der Waals surface area (Å²) < 4.78 is 0. The second kappa shape index (κ2) is 7.46. The molecule has 0 aromatic carbocycles. The Bertz CT molecular complexity index is 731. The SMILES string of the molecule is CC1=C(C)C(C)([Si](C)(C)C2C=CC([C@H]3C[C@@H](C)CC[C@@H]3C(C)C)=C2)C(C)=C1C. The van der Waals surface area contributed by atoms with Crippen molar-refractivity contribution < 1.29 is 0 Å². The van der Waals surface area contributed by atoms with Crippen LogP contribution in [-0.4, -0.2) is 8.07 Å². The van der Waals surface area contributed by atoms with Crippen molar-refractivity contribution in [2.45, 2.75) is 98.3 Å². The fraction of sp³-hybridized carbons (Fsp3) is 0.704. The van der Waals surface area contributed by atoms with Crippen LogP contribution in [0.2, 0.25) is 23.7 Å². The molecule has 0 N–H and O–H groups in total. The highest BCUT2D eigenvalue weighted by Gasteiger charge is 2.52. The lowest BCUT2D eigenvalue weighted by Crippen LogP contribution is -2.44. The molecule has 1 saturated carbocycles. The molecule has 0 bridgehead atoms. The highest BCUT2D eigenvalue weighted by atomic mass is 28.3. The summed E-state index contributed by atoms with van der Waals surface area (Å²) in [7, 11) is -1.62. The summed E-state index contributed by atoms with van der Waals surface area (Å²) in [6.45, 7) is 24.7. The number of hydrogen-bond acceptors (Lipinski definition) is 0. The summed E-state index contributed by atoms with van der Waals surface area (Å²) in [6, 6.07) is 0. The van der Waals surface area contributed by atoms with Crippen molar-refractivity contribution in [3.63, 3.8) is 0 Å². The average Bonchev–Trinajstić information content (AvgIpc) is 3.19. The topological polar surface area (TPSA) is 0 Å². The molecule has 0 aromatic rings. The van der Waals surface area contributed by atoms with Gasteiger partial charge in [0.05, 0.1) is 8.07 Å². The number of rotatable bonds is 4. The molecule has 0 amide bonds. The zero-order chi connectivity index (χ0) is 21.0. The minimum Gasteiger partial charge on any atom is -0.0800 e. The largest absolute Gasteiger partial charge is 0.0800 e. The van der Waals surface area contributed by atoms with Gasteiger partial charge in [-0.25, -0.2) is 0 Å². The Kier molecular flexibility index (Phi) is 5.82. The smallest absolute Gasteiger partial charge is 0.0741 e. The molecule has 0 saturated heterocycles. The van der Waals surface area contributed by atoms with Crippen LogP contribution in [0.25, 0.3) is 0 Å². The van der Waals surface area contributed by atoms with Crippen LogP contribution in [0.5, 0.6) is 0 Å². The maximum absolute atomic E-state index is 2.72. The minimum absolute atomic E-state index is 0.277. The molecule has 156 valence electrons. The van der Waals surface area contributed by atoms with Gasteiger partial charge in [-0.3, -0.25) is 0 Å². The van der Waals surface area contributed by atoms with Crippen molar-refractivity contribution in [2.24, 2.45) is 23.7 Å². The lowest BCUT2D eigenvalue weighted by molar-refractivity contribution is 0.172. The highest BCUT2D eigenvalue weighted by molar-refractivity contribution is 6.84. The fourth-order valence-electron chi connectivity index (χ4n) is 6.71. The van der Waals surface area contributed by atoms with Crippen LogP contribution >= 0.6 is 0 Å². The summed E-state index contributed by atoms with van der Waals surface area (Å²) in [5.74, 6) is 3.32. The Morgan fingerprint density at radius 1 is 1.00 bits per heavy atom. The summed E-state index contributed by atoms with van der Waals surface area (Å²) in [5.41, 5.74) is 8.71. The molecule has 3 rings (SSSR count). The van der Waals surface area contributed by atoms with E-state index < -0.39 is 8.07 Å². The van der Waals surface area contributed by atoms with Gasteiger partial charge in [0.25, 0.3) is 0 Å². The van der Waals surface area contributed by atoms with Gasteiger partial charge in [0.2, 0.25) is 0 Å². The van der Waals surface area contributed by atoms with Crippen LogP contribution in [0.3, 0.4) is 0 Å². The van der Waals surface area contributed by atoms with E-state index in [2.05, 4.69) is 86.7 Å². The minimum atomic E-state index is -1.62. The predicted octanol–water partition coefficient (Wildman–Crippen LogP) is 8.72. The molecule has 0 aliphatic heterocycles. The molecule has 0 spiro atoms. The van der Waals surface area contributed by atoms with Gasteiger partial charge in [0.1, 0.15) is 0 Å². The quantitative estimate of drug-likeness (QED) is 0.417. The van der Waals surface area contributed by atoms with Gasteiger partial charge >= 0.3 is 0 Å². The molecule has 28 heavy (non-hydrogen) atoms. The van der Waals surface area contributed by atoms with Crippen LogP contribution in [0, 0.1) is 23.7 Å². The summed E-state index contributed by atoms with van der Waals surface area (Å²) >= 11 is 0. The first-order valence-corrected chi connectivity index (χ1v) is 14.8. The Morgan fingerprint density at radius 2 is 1.57 bits per heavy atom. The fourth-order valence-corrected chi connectivity index (χ4v) is 10.9. The first-order valence-electron chi connectivity index (χ1n) is 11.7. The Labute approximate surface area is 176 Å². The van der Waals surface area contributed by atoms with Gasteiger partial charge < -0.3 is 0 Å². The Hall–Kier alpha value is -0.823. The van der Waals surface area contributed by atoms with Crippen LogP contribution < -0.4 is 0 Å². The zero-order valence-corrected chi connectivity index (χ0v) is 21.2. The van der Waals surface area contributed by atoms with Gasteiger partial charge in [0.15, 0.2) is 0 Å². The van der Waals surface area contributed by atoms with Crippen molar-refractivity contribution in [3.05, 3.63) is 46.1 Å². The van der Waals surface area contributed by atoms with Gasteiger partial charge in [-0.2, -0.15) is 0 Å². The van der Waals surface area contributed by atoms with Gasteiger partial charge in [-0.15, -0.1) is 0 Å². The first-order chi connectivity index (χ1) is 12.9. The van der Waals surface area contributed by atoms with E-state index >= 15 is 0 Å². The molecule has 4 atom stereocenters. The van der Waals surface area contributed by atoms with Crippen LogP contribution in [-0.2, 0) is 0 Å². The molecule has 1 fully saturated rings. The van der Waals surface area contributed by atoms with Gasteiger partial charge in [-0.1, -0.05) is 76.6 Å². The third-order valence-electron chi connectivity index (χ3n) is 9.63. The van der Waals surface area contributed by atoms with Crippen LogP contribution in [0.4, 0.5) is 0 Å². The summed E-state index contributed by atoms with van der Waals surface area (Å²) in [4.78, 5) is 0. The second-order valence-corrected chi connectivity index (χ2v) is 16.4. The van der Waals surface area contributed by atoms with Crippen molar-refractivity contribution >= 4 is 8.07 Å². The van der Waals surface area contributed by atoms with E-state index in [1.165, 1.54) is 19.3 Å². The molecule has 1 heteroatoms. The summed E-state index contributed by atoms with van der Waals surface area (Å²) in [5, 5.41) is 0.277. The monoisotopic (exact) mass is 396 g/mol. The Morgan fingerprint density at radius 3 is 2.11 bits per heavy atom. The lowest BCUT2D eigenvalue weighted by atomic mass is 9.67. The molecule has 0 heterocycles. The predicted molar refractivity (Wildman–Crippen MR) is 128 cm³/mol. The lowest BCUT2D eigenvalue weighted by Gasteiger charge is -2.46. The van der Waals surface area contributed by atoms with E-state index in [1.807, 2.05) is 0 Å². The molecule has 1 unspecified atom stereocenters. The third-order valence-corrected chi connectivity index (χ3v) is 15.0. The van der Waals surface area contributed by atoms with Crippen LogP contribution in [0.1, 0.15) is 74.7 Å². The van der Waals surface area contributed by atoms with Gasteiger partial charge in [-0.05, 0) is 86.5 Å². The average molecular weight is 397 g/mol. The van der Waals surface area contributed by atoms with Crippen molar-refractivity contribution in [1.82, 2.24) is 0 Å². The Balaban J connectivity index is 1.94. The maximum atomic E-state index is 2.72. The molecule has 3 aliphatic rings. The normalized spacial score (nSPS) is 33.3. The molecular formula is C27H44Si. The molecular weight excluding hydrogens is 352 g/mol. The number of hydrogen-bond donors (Lipinski definition) is 0. The van der Waals surface area contributed by atoms with Crippen molar-refractivity contribution in [1.29, 1.82) is 0 Å². The second-order valence-electron chi connectivity index (χ2n) is 11.3. The molecule has 3 aliphatic carbocycles. The van der Waals surface area contributed by atoms with Crippen LogP contribution in [0.15, 0.2) is 46.1 Å². The molecule has 0 radical (unpaired) electrons. The third kappa shape index (κ3) is 3.17. The number of allylic oxidation sites excluding steroid dienone is 8. The van der Waals surface area contributed by atoms with Crippen molar-refractivity contribution in [2.75, 3.05) is 0 Å². The maximum Gasteiger partial charge on any atom is 0.0741 e. The van der Waals surface area contributed by atoms with E-state index in [1.54, 1.807) is 27.9 Å². The van der Waals surface area contributed by atoms with E-state index in [-0.39, 0.29) is 5.04 Å². The van der Waals surface area contributed by atoms with E-state index in [4.69, 9.17) is 0 Å². The van der Waals surface area contributed by atoms with Gasteiger partial charge in [0, 0.05) is 5.04 Å². The van der Waals surface area contributed by atoms with E-state index in [0.717, 1.165) is 23.7 Å². The summed E-state index contributed by atoms with van der Waals surface area (Å²) in [6.07, 6.45) is 12.1. The highest BCUT2D eigenvalue weighted by Crippen LogP contribution is 2.62. The zero-order valence-electron chi connectivity index (χ0n) is 20.2. The standard InChI is InChI=1S/C27H44Si/c1-17(2)25-14-11-18(3)15-26(25)23-12-13-24(16-23)28(9,10)27(8)21(6)19(4)20(5)22(27)7/h12-13,16-18,24-26H,11,14-15H2,1-10H3/t18-,24?,25+,26+/m0/s1. The molecule has 0 aromatic heterocycles. The van der Waals surface area contributed by atoms with Crippen molar-refractivity contribution in [3.8, 4) is 0 Å². The van der Waals surface area contributed by atoms with E-state index in [0.29, 0.717) is 5.54 Å². The first kappa shape index (κ1) is 21.9. The molecule has 0 nitrogen and oxygen atoms in total. The van der Waals surface area contributed by atoms with E-state index in [9.17, 15) is 0 Å².